The molecule has 0 bridgehead atoms. The summed E-state index contributed by atoms with van der Waals surface area (Å²) >= 11 is 0. The number of carbonyl (C=O) groups is 1. The SMILES string of the molecule is Cc1ccc(N2CCN(C(=O)c3nccn3C)CC2)nc1-c1ccc2c(c1)N(C)S(O)(O)N2CC1CC1(F)F.Cl.Cl. The van der Waals surface area contributed by atoms with Crippen LogP contribution in [-0.2, 0) is 7.05 Å². The minimum Gasteiger partial charge on any atom is -0.353 e. The first-order valence-corrected chi connectivity index (χ1v) is 14.2. The molecule has 1 atom stereocenters. The minimum absolute atomic E-state index is 0. The molecule has 1 saturated heterocycles. The van der Waals surface area contributed by atoms with Crippen molar-refractivity contribution >= 4 is 58.9 Å². The maximum atomic E-state index is 13.6. The van der Waals surface area contributed by atoms with Crippen LogP contribution in [0.4, 0.5) is 26.0 Å². The number of anilines is 3. The summed E-state index contributed by atoms with van der Waals surface area (Å²) in [5, 5.41) is 0. The van der Waals surface area contributed by atoms with Crippen molar-refractivity contribution in [2.45, 2.75) is 19.3 Å². The number of aromatic nitrogens is 3. The van der Waals surface area contributed by atoms with Gasteiger partial charge in [0.05, 0.1) is 17.1 Å². The van der Waals surface area contributed by atoms with Crippen LogP contribution in [0.15, 0.2) is 42.7 Å². The van der Waals surface area contributed by atoms with Crippen LogP contribution >= 0.6 is 35.8 Å². The van der Waals surface area contributed by atoms with Crippen molar-refractivity contribution < 1.29 is 22.7 Å². The number of amides is 1. The molecule has 6 rings (SSSR count). The zero-order valence-corrected chi connectivity index (χ0v) is 25.2. The molecule has 2 N–H and O–H groups in total. The number of aryl methyl sites for hydroxylation is 2. The van der Waals surface area contributed by atoms with Crippen molar-refractivity contribution in [3.05, 3.63) is 54.1 Å². The van der Waals surface area contributed by atoms with E-state index in [9.17, 15) is 22.7 Å². The normalized spacial score (nSPS) is 21.1. The monoisotopic (exact) mass is 631 g/mol. The second kappa shape index (κ2) is 11.1. The van der Waals surface area contributed by atoms with Gasteiger partial charge in [-0.05, 0) is 41.6 Å². The van der Waals surface area contributed by atoms with Gasteiger partial charge >= 0.3 is 0 Å². The molecule has 224 valence electrons. The van der Waals surface area contributed by atoms with Crippen LogP contribution in [0.5, 0.6) is 0 Å². The first-order chi connectivity index (χ1) is 18.5. The van der Waals surface area contributed by atoms with Crippen LogP contribution in [0.1, 0.15) is 22.6 Å². The highest BCUT2D eigenvalue weighted by Crippen LogP contribution is 2.63. The summed E-state index contributed by atoms with van der Waals surface area (Å²) in [4.78, 5) is 25.9. The van der Waals surface area contributed by atoms with Gasteiger partial charge in [0.25, 0.3) is 11.8 Å². The van der Waals surface area contributed by atoms with E-state index in [2.05, 4.69) is 9.88 Å². The van der Waals surface area contributed by atoms with Crippen LogP contribution in [0.2, 0.25) is 0 Å². The molecular weight excluding hydrogens is 599 g/mol. The Morgan fingerprint density at radius 2 is 1.76 bits per heavy atom. The van der Waals surface area contributed by atoms with E-state index < -0.39 is 22.8 Å². The van der Waals surface area contributed by atoms with Crippen LogP contribution < -0.4 is 13.5 Å². The lowest BCUT2D eigenvalue weighted by Crippen LogP contribution is -2.49. The second-order valence-electron chi connectivity index (χ2n) is 10.4. The van der Waals surface area contributed by atoms with Crippen molar-refractivity contribution in [1.29, 1.82) is 0 Å². The smallest absolute Gasteiger partial charge is 0.289 e. The molecule has 2 aliphatic heterocycles. The molecular formula is C26H33Cl2F2N7O3S. The van der Waals surface area contributed by atoms with Gasteiger partial charge < -0.3 is 14.4 Å². The first-order valence-electron chi connectivity index (χ1n) is 12.8. The van der Waals surface area contributed by atoms with Crippen molar-refractivity contribution in [3.63, 3.8) is 0 Å². The molecule has 2 aromatic heterocycles. The lowest BCUT2D eigenvalue weighted by atomic mass is 10.0. The van der Waals surface area contributed by atoms with Crippen LogP contribution in [0, 0.1) is 12.8 Å². The standard InChI is InChI=1S/C26H31F2N7O3S.2ClH/c1-17-4-7-22(33-10-12-34(13-11-33)25(36)24-29-8-9-31(24)2)30-23(17)18-5-6-20-21(14-18)32(3)39(37,38)35(20)16-19-15-26(19,27)28;;/h4-9,14,19,37-38H,10-13,15-16H2,1-3H3;2*1H. The summed E-state index contributed by atoms with van der Waals surface area (Å²) in [5.41, 5.74) is 3.57. The van der Waals surface area contributed by atoms with Gasteiger partial charge in [-0.2, -0.15) is 0 Å². The van der Waals surface area contributed by atoms with Gasteiger partial charge in [0, 0.05) is 77.1 Å². The molecule has 1 unspecified atom stereocenters. The Morgan fingerprint density at radius 3 is 2.37 bits per heavy atom. The van der Waals surface area contributed by atoms with E-state index in [1.807, 2.05) is 31.2 Å². The zero-order valence-electron chi connectivity index (χ0n) is 22.8. The maximum Gasteiger partial charge on any atom is 0.289 e. The number of carbonyl (C=O) groups excluding carboxylic acids is 1. The average molecular weight is 633 g/mol. The molecule has 1 aliphatic carbocycles. The van der Waals surface area contributed by atoms with E-state index in [1.165, 1.54) is 8.61 Å². The largest absolute Gasteiger partial charge is 0.353 e. The van der Waals surface area contributed by atoms with Crippen LogP contribution in [0.25, 0.3) is 11.3 Å². The van der Waals surface area contributed by atoms with Gasteiger partial charge in [0.1, 0.15) is 5.82 Å². The molecule has 0 radical (unpaired) electrons. The van der Waals surface area contributed by atoms with E-state index in [-0.39, 0.29) is 43.7 Å². The Kier molecular flexibility index (Phi) is 8.42. The van der Waals surface area contributed by atoms with Crippen molar-refractivity contribution in [3.8, 4) is 11.3 Å². The van der Waals surface area contributed by atoms with Crippen LogP contribution in [-0.4, -0.2) is 80.1 Å². The number of pyridine rings is 1. The van der Waals surface area contributed by atoms with Crippen molar-refractivity contribution in [2.24, 2.45) is 13.0 Å². The van der Waals surface area contributed by atoms with Crippen molar-refractivity contribution in [1.82, 2.24) is 19.4 Å². The predicted octanol–water partition coefficient (Wildman–Crippen LogP) is 5.09. The minimum atomic E-state index is -3.43. The molecule has 1 aromatic carbocycles. The summed E-state index contributed by atoms with van der Waals surface area (Å²) in [6, 6.07) is 9.38. The highest BCUT2D eigenvalue weighted by atomic mass is 35.5. The fraction of sp³-hybridized carbons (Fsp3) is 0.423. The van der Waals surface area contributed by atoms with Gasteiger partial charge in [-0.15, -0.1) is 24.8 Å². The summed E-state index contributed by atoms with van der Waals surface area (Å²) < 4.78 is 53.3. The Balaban J connectivity index is 0.00000194. The number of rotatable bonds is 5. The number of imidazole rings is 1. The Hall–Kier alpha value is -2.84. The third-order valence-electron chi connectivity index (χ3n) is 7.85. The Bertz CT molecular complexity index is 1450. The highest BCUT2D eigenvalue weighted by molar-refractivity contribution is 8.26. The second-order valence-corrected chi connectivity index (χ2v) is 12.4. The molecule has 1 saturated carbocycles. The number of piperazine rings is 1. The Morgan fingerprint density at radius 1 is 1.07 bits per heavy atom. The summed E-state index contributed by atoms with van der Waals surface area (Å²) in [6.45, 7) is 4.19. The van der Waals surface area contributed by atoms with Crippen molar-refractivity contribution in [2.75, 3.05) is 53.3 Å². The van der Waals surface area contributed by atoms with Gasteiger partial charge in [-0.1, -0.05) is 12.1 Å². The number of fused-ring (bicyclic) bond motifs is 1. The predicted molar refractivity (Wildman–Crippen MR) is 162 cm³/mol. The van der Waals surface area contributed by atoms with E-state index in [4.69, 9.17) is 4.98 Å². The highest BCUT2D eigenvalue weighted by Gasteiger charge is 2.59. The number of benzene rings is 1. The topological polar surface area (TPSA) is 101 Å². The molecule has 3 aliphatic rings. The maximum absolute atomic E-state index is 13.6. The number of alkyl halides is 2. The number of hydrogen-bond donors (Lipinski definition) is 2. The fourth-order valence-electron chi connectivity index (χ4n) is 5.25. The first kappa shape index (κ1) is 31.1. The van der Waals surface area contributed by atoms with E-state index in [1.54, 1.807) is 42.0 Å². The molecule has 41 heavy (non-hydrogen) atoms. The summed E-state index contributed by atoms with van der Waals surface area (Å²) in [5.74, 6) is -2.53. The lowest BCUT2D eigenvalue weighted by molar-refractivity contribution is 0.0730. The molecule has 15 heteroatoms. The van der Waals surface area contributed by atoms with E-state index >= 15 is 0 Å². The molecule has 2 fully saturated rings. The average Bonchev–Trinajstić information content (AvgIpc) is 3.21. The van der Waals surface area contributed by atoms with Gasteiger partial charge in [-0.25, -0.2) is 18.7 Å². The third kappa shape index (κ3) is 5.41. The lowest BCUT2D eigenvalue weighted by Gasteiger charge is -2.42. The van der Waals surface area contributed by atoms with Crippen LogP contribution in [0.3, 0.4) is 0 Å². The molecule has 1 amide bonds. The Labute approximate surface area is 251 Å². The zero-order chi connectivity index (χ0) is 27.7. The van der Waals surface area contributed by atoms with Gasteiger partial charge in [0.2, 0.25) is 0 Å². The quantitative estimate of drug-likeness (QED) is 0.402. The summed E-state index contributed by atoms with van der Waals surface area (Å²) in [6.07, 6.45) is 3.13. The molecule has 10 nitrogen and oxygen atoms in total. The van der Waals surface area contributed by atoms with Gasteiger partial charge in [-0.3, -0.25) is 22.5 Å². The van der Waals surface area contributed by atoms with E-state index in [0.717, 1.165) is 22.6 Å². The van der Waals surface area contributed by atoms with Gasteiger partial charge in [0.15, 0.2) is 5.82 Å². The third-order valence-corrected chi connectivity index (χ3v) is 9.72. The summed E-state index contributed by atoms with van der Waals surface area (Å²) in [7, 11) is -0.0664. The van der Waals surface area contributed by atoms with E-state index in [0.29, 0.717) is 43.4 Å². The number of nitrogens with zero attached hydrogens (tertiary/aromatic N) is 7. The molecule has 4 heterocycles. The number of halogens is 4. The molecule has 3 aromatic rings. The number of hydrogen-bond acceptors (Lipinski definition) is 8. The fourth-order valence-corrected chi connectivity index (χ4v) is 6.75. The molecule has 0 spiro atoms.